The molecule has 0 saturated heterocycles. The highest BCUT2D eigenvalue weighted by molar-refractivity contribution is 5.49. The van der Waals surface area contributed by atoms with Crippen LogP contribution in [0.3, 0.4) is 0 Å². The minimum Gasteiger partial charge on any atom is -0.382 e. The lowest BCUT2D eigenvalue weighted by molar-refractivity contribution is 0.289. The van der Waals surface area contributed by atoms with E-state index in [1.807, 2.05) is 18.2 Å². The summed E-state index contributed by atoms with van der Waals surface area (Å²) in [6.45, 7) is 2.17. The van der Waals surface area contributed by atoms with Crippen molar-refractivity contribution < 1.29 is 0 Å². The fourth-order valence-electron chi connectivity index (χ4n) is 3.15. The van der Waals surface area contributed by atoms with Crippen molar-refractivity contribution in [3.8, 4) is 6.07 Å². The third kappa shape index (κ3) is 2.64. The van der Waals surface area contributed by atoms with E-state index >= 15 is 0 Å². The molecule has 0 atom stereocenters. The summed E-state index contributed by atoms with van der Waals surface area (Å²) in [6, 6.07) is 21.6. The number of aryl methyl sites for hydroxylation is 1. The predicted molar refractivity (Wildman–Crippen MR) is 86.2 cm³/mol. The largest absolute Gasteiger partial charge is 0.382 e. The Kier molecular flexibility index (Phi) is 3.66. The van der Waals surface area contributed by atoms with Crippen molar-refractivity contribution in [1.82, 2.24) is 0 Å². The lowest BCUT2D eigenvalue weighted by atomic mass is 9.62. The second-order valence-corrected chi connectivity index (χ2v) is 5.86. The zero-order valence-electron chi connectivity index (χ0n) is 12.3. The molecule has 1 aliphatic carbocycles. The van der Waals surface area contributed by atoms with Crippen molar-refractivity contribution in [2.45, 2.75) is 37.6 Å². The summed E-state index contributed by atoms with van der Waals surface area (Å²) < 4.78 is 0. The van der Waals surface area contributed by atoms with Gasteiger partial charge in [-0.05, 0) is 42.5 Å². The van der Waals surface area contributed by atoms with Gasteiger partial charge in [0.05, 0.1) is 11.5 Å². The van der Waals surface area contributed by atoms with E-state index < -0.39 is 0 Å². The highest BCUT2D eigenvalue weighted by atomic mass is 14.9. The molecule has 0 spiro atoms. The molecule has 106 valence electrons. The Balaban J connectivity index is 1.68. The lowest BCUT2D eigenvalue weighted by Crippen LogP contribution is -2.47. The van der Waals surface area contributed by atoms with Gasteiger partial charge >= 0.3 is 0 Å². The number of rotatable bonds is 4. The zero-order valence-corrected chi connectivity index (χ0v) is 12.3. The predicted octanol–water partition coefficient (Wildman–Crippen LogP) is 4.28. The minimum atomic E-state index is -0.304. The normalized spacial score (nSPS) is 23.9. The van der Waals surface area contributed by atoms with E-state index in [0.717, 1.165) is 24.8 Å². The first-order chi connectivity index (χ1) is 10.3. The second-order valence-electron chi connectivity index (χ2n) is 5.86. The number of benzene rings is 2. The molecule has 1 fully saturated rings. The average molecular weight is 276 g/mol. The molecule has 0 unspecified atom stereocenters. The molecular weight excluding hydrogens is 256 g/mol. The molecule has 1 N–H and O–H groups in total. The van der Waals surface area contributed by atoms with Crippen LogP contribution in [0.2, 0.25) is 0 Å². The Morgan fingerprint density at radius 3 is 2.57 bits per heavy atom. The van der Waals surface area contributed by atoms with Crippen LogP contribution in [0.25, 0.3) is 0 Å². The fraction of sp³-hybridized carbons (Fsp3) is 0.316. The summed E-state index contributed by atoms with van der Waals surface area (Å²) in [5, 5.41) is 13.1. The van der Waals surface area contributed by atoms with Gasteiger partial charge in [0.25, 0.3) is 0 Å². The summed E-state index contributed by atoms with van der Waals surface area (Å²) in [5.74, 6) is 0. The van der Waals surface area contributed by atoms with E-state index in [9.17, 15) is 5.26 Å². The molecule has 1 aliphatic rings. The maximum Gasteiger partial charge on any atom is 0.0861 e. The first-order valence-corrected chi connectivity index (χ1v) is 7.58. The standard InChI is InChI=1S/C19H20N2/c1-2-15-7-6-10-17(11-15)21-18-12-19(13-18,14-20)16-8-4-3-5-9-16/h3-11,18,21H,2,12-13H2,1H3. The van der Waals surface area contributed by atoms with Gasteiger partial charge in [0, 0.05) is 11.7 Å². The zero-order chi connectivity index (χ0) is 14.7. The highest BCUT2D eigenvalue weighted by Gasteiger charge is 2.46. The summed E-state index contributed by atoms with van der Waals surface area (Å²) in [5.41, 5.74) is 3.35. The van der Waals surface area contributed by atoms with E-state index in [4.69, 9.17) is 0 Å². The fourth-order valence-corrected chi connectivity index (χ4v) is 3.15. The molecule has 3 rings (SSSR count). The van der Waals surface area contributed by atoms with Crippen molar-refractivity contribution in [2.24, 2.45) is 0 Å². The molecule has 0 aromatic heterocycles. The number of hydrogen-bond donors (Lipinski definition) is 1. The lowest BCUT2D eigenvalue weighted by Gasteiger charge is -2.43. The van der Waals surface area contributed by atoms with E-state index in [2.05, 4.69) is 54.7 Å². The summed E-state index contributed by atoms with van der Waals surface area (Å²) in [4.78, 5) is 0. The van der Waals surface area contributed by atoms with Gasteiger partial charge < -0.3 is 5.32 Å². The van der Waals surface area contributed by atoms with E-state index in [-0.39, 0.29) is 5.41 Å². The van der Waals surface area contributed by atoms with Crippen LogP contribution in [0.1, 0.15) is 30.9 Å². The molecule has 0 heterocycles. The summed E-state index contributed by atoms with van der Waals surface area (Å²) in [7, 11) is 0. The Bertz CT molecular complexity index is 649. The van der Waals surface area contributed by atoms with Crippen LogP contribution >= 0.6 is 0 Å². The SMILES string of the molecule is CCc1cccc(NC2CC(C#N)(c3ccccc3)C2)c1. The number of nitrogens with one attached hydrogen (secondary N) is 1. The molecule has 0 amide bonds. The Morgan fingerprint density at radius 2 is 1.90 bits per heavy atom. The van der Waals surface area contributed by atoms with E-state index in [1.54, 1.807) is 0 Å². The topological polar surface area (TPSA) is 35.8 Å². The van der Waals surface area contributed by atoms with Crippen LogP contribution in [0, 0.1) is 11.3 Å². The second kappa shape index (κ2) is 5.61. The van der Waals surface area contributed by atoms with Gasteiger partial charge in [0.2, 0.25) is 0 Å². The van der Waals surface area contributed by atoms with Crippen LogP contribution in [-0.2, 0) is 11.8 Å². The maximum atomic E-state index is 9.58. The molecule has 2 aromatic carbocycles. The molecule has 0 bridgehead atoms. The third-order valence-corrected chi connectivity index (χ3v) is 4.44. The van der Waals surface area contributed by atoms with Crippen molar-refractivity contribution in [1.29, 1.82) is 5.26 Å². The highest BCUT2D eigenvalue weighted by Crippen LogP contribution is 2.44. The van der Waals surface area contributed by atoms with Gasteiger partial charge in [0.15, 0.2) is 0 Å². The smallest absolute Gasteiger partial charge is 0.0861 e. The number of nitrogens with zero attached hydrogens (tertiary/aromatic N) is 1. The number of anilines is 1. The van der Waals surface area contributed by atoms with Crippen LogP contribution in [0.4, 0.5) is 5.69 Å². The third-order valence-electron chi connectivity index (χ3n) is 4.44. The monoisotopic (exact) mass is 276 g/mol. The quantitative estimate of drug-likeness (QED) is 0.904. The minimum absolute atomic E-state index is 0.304. The maximum absolute atomic E-state index is 9.58. The number of nitriles is 1. The van der Waals surface area contributed by atoms with Gasteiger partial charge in [-0.2, -0.15) is 5.26 Å². The molecule has 0 aliphatic heterocycles. The van der Waals surface area contributed by atoms with Crippen LogP contribution in [-0.4, -0.2) is 6.04 Å². The number of hydrogen-bond acceptors (Lipinski definition) is 2. The molecule has 1 saturated carbocycles. The molecule has 21 heavy (non-hydrogen) atoms. The van der Waals surface area contributed by atoms with Gasteiger partial charge in [-0.25, -0.2) is 0 Å². The van der Waals surface area contributed by atoms with Crippen molar-refractivity contribution >= 4 is 5.69 Å². The Morgan fingerprint density at radius 1 is 1.14 bits per heavy atom. The summed E-state index contributed by atoms with van der Waals surface area (Å²) in [6.07, 6.45) is 2.81. The summed E-state index contributed by atoms with van der Waals surface area (Å²) >= 11 is 0. The average Bonchev–Trinajstić information content (AvgIpc) is 2.51. The van der Waals surface area contributed by atoms with Crippen LogP contribution in [0.15, 0.2) is 54.6 Å². The van der Waals surface area contributed by atoms with Crippen molar-refractivity contribution in [3.63, 3.8) is 0 Å². The van der Waals surface area contributed by atoms with Crippen LogP contribution in [0.5, 0.6) is 0 Å². The molecule has 2 nitrogen and oxygen atoms in total. The molecule has 2 aromatic rings. The first-order valence-electron chi connectivity index (χ1n) is 7.58. The van der Waals surface area contributed by atoms with Crippen molar-refractivity contribution in [3.05, 3.63) is 65.7 Å². The van der Waals surface area contributed by atoms with E-state index in [1.165, 1.54) is 11.3 Å². The molecular formula is C19H20N2. The van der Waals surface area contributed by atoms with E-state index in [0.29, 0.717) is 6.04 Å². The molecule has 0 radical (unpaired) electrons. The van der Waals surface area contributed by atoms with Crippen LogP contribution < -0.4 is 5.32 Å². The molecule has 2 heteroatoms. The Labute approximate surface area is 126 Å². The van der Waals surface area contributed by atoms with Crippen molar-refractivity contribution in [2.75, 3.05) is 5.32 Å². The van der Waals surface area contributed by atoms with Gasteiger partial charge in [-0.3, -0.25) is 0 Å². The van der Waals surface area contributed by atoms with Gasteiger partial charge in [-0.1, -0.05) is 49.4 Å². The first kappa shape index (κ1) is 13.7. The van der Waals surface area contributed by atoms with Gasteiger partial charge in [-0.15, -0.1) is 0 Å². The van der Waals surface area contributed by atoms with Gasteiger partial charge in [0.1, 0.15) is 0 Å². The Hall–Kier alpha value is -2.27.